The zero-order chi connectivity index (χ0) is 15.2. The third kappa shape index (κ3) is 3.79. The molecule has 2 heterocycles. The smallest absolute Gasteiger partial charge is 0.287 e. The molecule has 114 valence electrons. The average molecular weight is 313 g/mol. The molecule has 0 aromatic carbocycles. The van der Waals surface area contributed by atoms with E-state index in [4.69, 9.17) is 16.3 Å². The van der Waals surface area contributed by atoms with Crippen LogP contribution in [-0.4, -0.2) is 44.8 Å². The van der Waals surface area contributed by atoms with Crippen molar-refractivity contribution in [3.05, 3.63) is 33.7 Å². The summed E-state index contributed by atoms with van der Waals surface area (Å²) < 4.78 is 8.03. The van der Waals surface area contributed by atoms with E-state index in [2.05, 4.69) is 20.6 Å². The summed E-state index contributed by atoms with van der Waals surface area (Å²) in [6, 6.07) is 0. The number of aromatic nitrogens is 5. The molecule has 0 unspecified atom stereocenters. The van der Waals surface area contributed by atoms with Gasteiger partial charge in [0.05, 0.1) is 25.0 Å². The Morgan fingerprint density at radius 3 is 2.95 bits per heavy atom. The molecule has 0 fully saturated rings. The van der Waals surface area contributed by atoms with Gasteiger partial charge in [0.25, 0.3) is 5.56 Å². The van der Waals surface area contributed by atoms with E-state index < -0.39 is 0 Å². The van der Waals surface area contributed by atoms with Gasteiger partial charge in [-0.1, -0.05) is 11.6 Å². The summed E-state index contributed by atoms with van der Waals surface area (Å²) >= 11 is 6.06. The van der Waals surface area contributed by atoms with Crippen molar-refractivity contribution < 1.29 is 4.74 Å². The lowest BCUT2D eigenvalue weighted by Gasteiger charge is -2.09. The fourth-order valence-electron chi connectivity index (χ4n) is 1.77. The molecule has 1 N–H and O–H groups in total. The summed E-state index contributed by atoms with van der Waals surface area (Å²) in [5.41, 5.74) is 0.176. The lowest BCUT2D eigenvalue weighted by Crippen LogP contribution is -2.26. The average Bonchev–Trinajstić information content (AvgIpc) is 2.88. The van der Waals surface area contributed by atoms with Crippen molar-refractivity contribution in [3.8, 4) is 0 Å². The highest BCUT2D eigenvalue weighted by molar-refractivity contribution is 6.32. The normalized spacial score (nSPS) is 10.8. The summed E-state index contributed by atoms with van der Waals surface area (Å²) in [5, 5.41) is 15.0. The van der Waals surface area contributed by atoms with Crippen LogP contribution in [0.25, 0.3) is 0 Å². The number of methoxy groups -OCH3 is 1. The Hall–Kier alpha value is -1.93. The molecule has 0 spiro atoms. The molecular weight excluding hydrogens is 296 g/mol. The number of nitrogens with zero attached hydrogens (tertiary/aromatic N) is 5. The van der Waals surface area contributed by atoms with Crippen LogP contribution in [0.4, 0.5) is 5.69 Å². The second-order valence-corrected chi connectivity index (χ2v) is 4.81. The molecule has 0 saturated heterocycles. The van der Waals surface area contributed by atoms with E-state index in [9.17, 15) is 4.79 Å². The maximum Gasteiger partial charge on any atom is 0.287 e. The molecule has 0 aliphatic carbocycles. The first kappa shape index (κ1) is 15.5. The molecular formula is C12H17ClN6O2. The monoisotopic (exact) mass is 312 g/mol. The van der Waals surface area contributed by atoms with Crippen LogP contribution in [-0.2, 0) is 24.8 Å². The van der Waals surface area contributed by atoms with Crippen molar-refractivity contribution >= 4 is 17.3 Å². The predicted octanol–water partition coefficient (Wildman–Crippen LogP) is 0.326. The number of hydrogen-bond acceptors (Lipinski definition) is 6. The van der Waals surface area contributed by atoms with Crippen LogP contribution in [0.15, 0.2) is 17.3 Å². The Kier molecular flexibility index (Phi) is 5.29. The lowest BCUT2D eigenvalue weighted by atomic mass is 10.3. The van der Waals surface area contributed by atoms with E-state index in [1.54, 1.807) is 13.4 Å². The van der Waals surface area contributed by atoms with Gasteiger partial charge in [-0.25, -0.2) is 4.68 Å². The van der Waals surface area contributed by atoms with Crippen molar-refractivity contribution in [1.82, 2.24) is 24.5 Å². The van der Waals surface area contributed by atoms with Gasteiger partial charge in [0.15, 0.2) is 0 Å². The number of nitrogens with one attached hydrogen (secondary N) is 1. The number of anilines is 1. The summed E-state index contributed by atoms with van der Waals surface area (Å²) in [4.78, 5) is 12.0. The SMILES string of the molecule is COCCn1ncc(NCCc2nncn2C)c(Cl)c1=O. The third-order valence-electron chi connectivity index (χ3n) is 2.96. The van der Waals surface area contributed by atoms with E-state index in [1.165, 1.54) is 10.9 Å². The first-order chi connectivity index (χ1) is 10.1. The van der Waals surface area contributed by atoms with Crippen molar-refractivity contribution in [2.75, 3.05) is 25.6 Å². The summed E-state index contributed by atoms with van der Waals surface area (Å²) in [7, 11) is 3.44. The predicted molar refractivity (Wildman–Crippen MR) is 78.6 cm³/mol. The zero-order valence-corrected chi connectivity index (χ0v) is 12.7. The maximum absolute atomic E-state index is 12.0. The van der Waals surface area contributed by atoms with Gasteiger partial charge < -0.3 is 14.6 Å². The fourth-order valence-corrected chi connectivity index (χ4v) is 1.98. The minimum Gasteiger partial charge on any atom is -0.383 e. The molecule has 2 aromatic rings. The molecule has 2 aromatic heterocycles. The van der Waals surface area contributed by atoms with E-state index in [1.807, 2.05) is 11.6 Å². The molecule has 0 aliphatic rings. The molecule has 0 saturated carbocycles. The summed E-state index contributed by atoms with van der Waals surface area (Å²) in [6.07, 6.45) is 3.84. The van der Waals surface area contributed by atoms with Crippen LogP contribution >= 0.6 is 11.6 Å². The van der Waals surface area contributed by atoms with E-state index in [0.717, 1.165) is 5.82 Å². The fraction of sp³-hybridized carbons (Fsp3) is 0.500. The second kappa shape index (κ2) is 7.19. The van der Waals surface area contributed by atoms with Crippen LogP contribution in [0.2, 0.25) is 5.02 Å². The Morgan fingerprint density at radius 1 is 1.48 bits per heavy atom. The van der Waals surface area contributed by atoms with Gasteiger partial charge >= 0.3 is 0 Å². The van der Waals surface area contributed by atoms with Gasteiger partial charge in [0, 0.05) is 27.1 Å². The van der Waals surface area contributed by atoms with Crippen LogP contribution in [0.1, 0.15) is 5.82 Å². The topological polar surface area (TPSA) is 86.9 Å². The molecule has 0 aliphatic heterocycles. The Labute approximate surface area is 126 Å². The van der Waals surface area contributed by atoms with Crippen LogP contribution < -0.4 is 10.9 Å². The maximum atomic E-state index is 12.0. The molecule has 21 heavy (non-hydrogen) atoms. The first-order valence-electron chi connectivity index (χ1n) is 6.44. The Morgan fingerprint density at radius 2 is 2.29 bits per heavy atom. The molecule has 0 amide bonds. The van der Waals surface area contributed by atoms with Gasteiger partial charge in [-0.15, -0.1) is 10.2 Å². The Bertz CT molecular complexity index is 653. The second-order valence-electron chi connectivity index (χ2n) is 4.43. The summed E-state index contributed by atoms with van der Waals surface area (Å²) in [5.74, 6) is 0.847. The largest absolute Gasteiger partial charge is 0.383 e. The highest BCUT2D eigenvalue weighted by Gasteiger charge is 2.09. The highest BCUT2D eigenvalue weighted by Crippen LogP contribution is 2.14. The zero-order valence-electron chi connectivity index (χ0n) is 11.9. The van der Waals surface area contributed by atoms with Crippen LogP contribution in [0.5, 0.6) is 0 Å². The van der Waals surface area contributed by atoms with E-state index >= 15 is 0 Å². The molecule has 0 bridgehead atoms. The molecule has 9 heteroatoms. The molecule has 0 atom stereocenters. The van der Waals surface area contributed by atoms with Crippen molar-refractivity contribution in [3.63, 3.8) is 0 Å². The first-order valence-corrected chi connectivity index (χ1v) is 6.82. The van der Waals surface area contributed by atoms with Gasteiger partial charge in [-0.05, 0) is 0 Å². The standard InChI is InChI=1S/C12H17ClN6O2/c1-18-8-15-17-10(18)3-4-14-9-7-16-19(5-6-21-2)12(20)11(9)13/h7-8,14H,3-6H2,1-2H3. The minimum absolute atomic E-state index is 0.124. The number of halogens is 1. The van der Waals surface area contributed by atoms with Gasteiger partial charge in [0.2, 0.25) is 0 Å². The quantitative estimate of drug-likeness (QED) is 0.792. The number of hydrogen-bond donors (Lipinski definition) is 1. The van der Waals surface area contributed by atoms with Crippen LogP contribution in [0.3, 0.4) is 0 Å². The summed E-state index contributed by atoms with van der Waals surface area (Å²) in [6.45, 7) is 1.35. The van der Waals surface area contributed by atoms with Crippen molar-refractivity contribution in [2.24, 2.45) is 7.05 Å². The van der Waals surface area contributed by atoms with Gasteiger partial charge in [0.1, 0.15) is 17.2 Å². The van der Waals surface area contributed by atoms with Gasteiger partial charge in [-0.2, -0.15) is 5.10 Å². The molecule has 8 nitrogen and oxygen atoms in total. The minimum atomic E-state index is -0.336. The van der Waals surface area contributed by atoms with Crippen molar-refractivity contribution in [1.29, 1.82) is 0 Å². The number of rotatable bonds is 7. The third-order valence-corrected chi connectivity index (χ3v) is 3.33. The van der Waals surface area contributed by atoms with Crippen molar-refractivity contribution in [2.45, 2.75) is 13.0 Å². The van der Waals surface area contributed by atoms with Crippen LogP contribution in [0, 0.1) is 0 Å². The van der Waals surface area contributed by atoms with Gasteiger partial charge in [-0.3, -0.25) is 4.79 Å². The highest BCUT2D eigenvalue weighted by atomic mass is 35.5. The number of ether oxygens (including phenoxy) is 1. The number of aryl methyl sites for hydroxylation is 1. The lowest BCUT2D eigenvalue weighted by molar-refractivity contribution is 0.182. The van der Waals surface area contributed by atoms with E-state index in [0.29, 0.717) is 31.8 Å². The molecule has 2 rings (SSSR count). The van der Waals surface area contributed by atoms with E-state index in [-0.39, 0.29) is 10.6 Å². The Balaban J connectivity index is 1.99. The molecule has 0 radical (unpaired) electrons.